The molecule has 2 aliphatic rings. The molecular formula is C18H25NO2S2. The Bertz CT molecular complexity index is 577. The molecule has 3 nitrogen and oxygen atoms in total. The molecule has 1 aromatic rings. The number of hydrogen-bond acceptors (Lipinski definition) is 4. The maximum absolute atomic E-state index is 12.7. The van der Waals surface area contributed by atoms with E-state index in [4.69, 9.17) is 4.74 Å². The summed E-state index contributed by atoms with van der Waals surface area (Å²) >= 11 is 4.03. The largest absolute Gasteiger partial charge is 0.444 e. The number of fused-ring (bicyclic) bond motifs is 1. The molecule has 0 aliphatic carbocycles. The van der Waals surface area contributed by atoms with Gasteiger partial charge in [0.15, 0.2) is 0 Å². The van der Waals surface area contributed by atoms with Gasteiger partial charge in [0, 0.05) is 13.1 Å². The summed E-state index contributed by atoms with van der Waals surface area (Å²) in [5, 5.41) is 0. The molecule has 5 heteroatoms. The summed E-state index contributed by atoms with van der Waals surface area (Å²) in [6.45, 7) is 7.18. The van der Waals surface area contributed by atoms with Gasteiger partial charge in [-0.1, -0.05) is 24.3 Å². The molecule has 2 aliphatic heterocycles. The Labute approximate surface area is 147 Å². The second kappa shape index (κ2) is 6.60. The predicted molar refractivity (Wildman–Crippen MR) is 99.1 cm³/mol. The van der Waals surface area contributed by atoms with Crippen LogP contribution in [0.15, 0.2) is 24.3 Å². The SMILES string of the molecule is CC(C)(C)OC(=O)N1Cc2ccccc2CC2(C1)SCCCS2. The van der Waals surface area contributed by atoms with Gasteiger partial charge in [0.25, 0.3) is 0 Å². The van der Waals surface area contributed by atoms with Crippen LogP contribution in [-0.4, -0.2) is 38.7 Å². The predicted octanol–water partition coefficient (Wildman–Crippen LogP) is 4.55. The molecule has 1 saturated heterocycles. The van der Waals surface area contributed by atoms with Gasteiger partial charge in [-0.2, -0.15) is 0 Å². The fraction of sp³-hybridized carbons (Fsp3) is 0.611. The zero-order chi connectivity index (χ0) is 16.5. The standard InChI is InChI=1S/C18H25NO2S2/c1-17(2,3)21-16(20)19-12-15-8-5-4-7-14(15)11-18(13-19)22-9-6-10-23-18/h4-5,7-8H,6,9-13H2,1-3H3. The third-order valence-corrected chi connectivity index (χ3v) is 7.33. The van der Waals surface area contributed by atoms with Gasteiger partial charge in [-0.25, -0.2) is 4.79 Å². The van der Waals surface area contributed by atoms with E-state index in [1.807, 2.05) is 49.2 Å². The number of carbonyl (C=O) groups excluding carboxylic acids is 1. The minimum absolute atomic E-state index is 0.0712. The highest BCUT2D eigenvalue weighted by atomic mass is 32.2. The first-order chi connectivity index (χ1) is 10.9. The molecule has 0 aromatic heterocycles. The molecule has 0 radical (unpaired) electrons. The first-order valence-corrected chi connectivity index (χ1v) is 10.2. The first kappa shape index (κ1) is 17.0. The van der Waals surface area contributed by atoms with Crippen molar-refractivity contribution in [3.63, 3.8) is 0 Å². The van der Waals surface area contributed by atoms with Gasteiger partial charge in [-0.15, -0.1) is 23.5 Å². The number of benzene rings is 1. The molecule has 0 atom stereocenters. The van der Waals surface area contributed by atoms with Crippen LogP contribution in [0.3, 0.4) is 0 Å². The zero-order valence-electron chi connectivity index (χ0n) is 14.1. The van der Waals surface area contributed by atoms with Crippen molar-refractivity contribution in [1.82, 2.24) is 4.90 Å². The van der Waals surface area contributed by atoms with E-state index in [-0.39, 0.29) is 10.2 Å². The fourth-order valence-corrected chi connectivity index (χ4v) is 6.40. The van der Waals surface area contributed by atoms with Gasteiger partial charge < -0.3 is 9.64 Å². The zero-order valence-corrected chi connectivity index (χ0v) is 15.8. The Morgan fingerprint density at radius 2 is 1.83 bits per heavy atom. The number of carbonyl (C=O) groups is 1. The van der Waals surface area contributed by atoms with Gasteiger partial charge >= 0.3 is 6.09 Å². The molecule has 126 valence electrons. The minimum atomic E-state index is -0.455. The number of rotatable bonds is 0. The Morgan fingerprint density at radius 1 is 1.17 bits per heavy atom. The Morgan fingerprint density at radius 3 is 2.48 bits per heavy atom. The van der Waals surface area contributed by atoms with Gasteiger partial charge in [0.2, 0.25) is 0 Å². The third-order valence-electron chi connectivity index (χ3n) is 4.04. The highest BCUT2D eigenvalue weighted by Crippen LogP contribution is 2.47. The Balaban J connectivity index is 1.89. The first-order valence-electron chi connectivity index (χ1n) is 8.20. The van der Waals surface area contributed by atoms with Crippen molar-refractivity contribution >= 4 is 29.6 Å². The van der Waals surface area contributed by atoms with E-state index >= 15 is 0 Å². The number of nitrogens with zero attached hydrogens (tertiary/aromatic N) is 1. The highest BCUT2D eigenvalue weighted by Gasteiger charge is 2.40. The third kappa shape index (κ3) is 4.18. The molecule has 1 fully saturated rings. The lowest BCUT2D eigenvalue weighted by Crippen LogP contribution is -2.44. The van der Waals surface area contributed by atoms with E-state index in [1.165, 1.54) is 29.1 Å². The second-order valence-electron chi connectivity index (χ2n) is 7.24. The summed E-state index contributed by atoms with van der Waals surface area (Å²) in [5.41, 5.74) is 2.17. The maximum atomic E-state index is 12.7. The molecule has 1 spiro atoms. The van der Waals surface area contributed by atoms with Crippen molar-refractivity contribution in [2.75, 3.05) is 18.1 Å². The highest BCUT2D eigenvalue weighted by molar-refractivity contribution is 8.18. The minimum Gasteiger partial charge on any atom is -0.444 e. The number of ether oxygens (including phenoxy) is 1. The van der Waals surface area contributed by atoms with E-state index in [2.05, 4.69) is 24.3 Å². The smallest absolute Gasteiger partial charge is 0.410 e. The lowest BCUT2D eigenvalue weighted by atomic mass is 10.0. The van der Waals surface area contributed by atoms with Crippen molar-refractivity contribution in [1.29, 1.82) is 0 Å². The summed E-state index contributed by atoms with van der Waals surface area (Å²) in [7, 11) is 0. The summed E-state index contributed by atoms with van der Waals surface area (Å²) < 4.78 is 5.72. The van der Waals surface area contributed by atoms with Crippen molar-refractivity contribution in [2.45, 2.75) is 49.8 Å². The maximum Gasteiger partial charge on any atom is 0.410 e. The molecule has 0 bridgehead atoms. The number of thioether (sulfide) groups is 2. The van der Waals surface area contributed by atoms with Crippen LogP contribution in [0.4, 0.5) is 4.79 Å². The Kier molecular flexibility index (Phi) is 4.88. The van der Waals surface area contributed by atoms with Gasteiger partial charge in [0.05, 0.1) is 4.08 Å². The normalized spacial score (nSPS) is 20.7. The van der Waals surface area contributed by atoms with Gasteiger partial charge in [-0.3, -0.25) is 0 Å². The summed E-state index contributed by atoms with van der Waals surface area (Å²) in [4.78, 5) is 14.6. The molecule has 2 heterocycles. The van der Waals surface area contributed by atoms with E-state index in [1.54, 1.807) is 0 Å². The fourth-order valence-electron chi connectivity index (χ4n) is 3.05. The average molecular weight is 352 g/mol. The summed E-state index contributed by atoms with van der Waals surface area (Å²) in [5.74, 6) is 2.36. The summed E-state index contributed by atoms with van der Waals surface area (Å²) in [6.07, 6.45) is 2.09. The molecule has 1 aromatic carbocycles. The van der Waals surface area contributed by atoms with Crippen molar-refractivity contribution < 1.29 is 9.53 Å². The molecule has 23 heavy (non-hydrogen) atoms. The Hall–Kier alpha value is -0.810. The van der Waals surface area contributed by atoms with E-state index in [9.17, 15) is 4.79 Å². The van der Waals surface area contributed by atoms with E-state index < -0.39 is 5.60 Å². The molecule has 3 rings (SSSR count). The van der Waals surface area contributed by atoms with Crippen LogP contribution >= 0.6 is 23.5 Å². The monoisotopic (exact) mass is 351 g/mol. The van der Waals surface area contributed by atoms with Crippen LogP contribution in [0.2, 0.25) is 0 Å². The van der Waals surface area contributed by atoms with Crippen LogP contribution in [0.1, 0.15) is 38.3 Å². The number of hydrogen-bond donors (Lipinski definition) is 0. The summed E-state index contributed by atoms with van der Waals surface area (Å²) in [6, 6.07) is 8.52. The quantitative estimate of drug-likeness (QED) is 0.686. The van der Waals surface area contributed by atoms with Crippen molar-refractivity contribution in [2.24, 2.45) is 0 Å². The molecule has 0 unspecified atom stereocenters. The number of amides is 1. The van der Waals surface area contributed by atoms with Gasteiger partial charge in [-0.05, 0) is 56.2 Å². The second-order valence-corrected chi connectivity index (χ2v) is 10.5. The van der Waals surface area contributed by atoms with Crippen LogP contribution in [-0.2, 0) is 17.7 Å². The van der Waals surface area contributed by atoms with E-state index in [0.29, 0.717) is 6.54 Å². The lowest BCUT2D eigenvalue weighted by molar-refractivity contribution is 0.0235. The van der Waals surface area contributed by atoms with Crippen molar-refractivity contribution in [3.05, 3.63) is 35.4 Å². The topological polar surface area (TPSA) is 29.5 Å². The van der Waals surface area contributed by atoms with Crippen LogP contribution in [0.25, 0.3) is 0 Å². The lowest BCUT2D eigenvalue weighted by Gasteiger charge is -2.38. The van der Waals surface area contributed by atoms with Crippen molar-refractivity contribution in [3.8, 4) is 0 Å². The van der Waals surface area contributed by atoms with Crippen LogP contribution in [0.5, 0.6) is 0 Å². The molecule has 0 N–H and O–H groups in total. The van der Waals surface area contributed by atoms with Crippen LogP contribution < -0.4 is 0 Å². The molecular weight excluding hydrogens is 326 g/mol. The average Bonchev–Trinajstić information content (AvgIpc) is 2.63. The van der Waals surface area contributed by atoms with Crippen LogP contribution in [0, 0.1) is 0 Å². The van der Waals surface area contributed by atoms with Gasteiger partial charge in [0.1, 0.15) is 5.60 Å². The molecule has 1 amide bonds. The van der Waals surface area contributed by atoms with E-state index in [0.717, 1.165) is 13.0 Å². The molecule has 0 saturated carbocycles.